The number of sulfonamides is 1. The van der Waals surface area contributed by atoms with Crippen molar-refractivity contribution in [2.45, 2.75) is 31.5 Å². The molecule has 1 aromatic heterocycles. The molecule has 2 heterocycles. The predicted molar refractivity (Wildman–Crippen MR) is 92.0 cm³/mol. The van der Waals surface area contributed by atoms with Gasteiger partial charge in [0.1, 0.15) is 0 Å². The van der Waals surface area contributed by atoms with E-state index in [4.69, 9.17) is 0 Å². The van der Waals surface area contributed by atoms with Gasteiger partial charge in [0.05, 0.1) is 23.6 Å². The number of aromatic nitrogens is 1. The molecule has 0 saturated carbocycles. The summed E-state index contributed by atoms with van der Waals surface area (Å²) in [6.45, 7) is 0.480. The second-order valence-electron chi connectivity index (χ2n) is 6.46. The van der Waals surface area contributed by atoms with Crippen LogP contribution < -0.4 is 0 Å². The molecule has 0 bridgehead atoms. The van der Waals surface area contributed by atoms with Gasteiger partial charge in [-0.15, -0.1) is 0 Å². The smallest absolute Gasteiger partial charge is 0.256 e. The zero-order valence-corrected chi connectivity index (χ0v) is 15.0. The van der Waals surface area contributed by atoms with Crippen LogP contribution in [-0.4, -0.2) is 30.5 Å². The molecule has 140 valence electrons. The van der Waals surface area contributed by atoms with Crippen molar-refractivity contribution in [2.75, 3.05) is 12.8 Å². The summed E-state index contributed by atoms with van der Waals surface area (Å²) < 4.78 is 63.2. The summed E-state index contributed by atoms with van der Waals surface area (Å²) in [5.74, 6) is 0. The molecule has 1 aliphatic rings. The first-order valence-corrected chi connectivity index (χ1v) is 10.1. The fraction of sp³-hybridized carbons (Fsp3) is 0.389. The average Bonchev–Trinajstić information content (AvgIpc) is 3.05. The van der Waals surface area contributed by atoms with Gasteiger partial charge in [0.2, 0.25) is 10.0 Å². The van der Waals surface area contributed by atoms with Gasteiger partial charge < -0.3 is 0 Å². The maximum atomic E-state index is 12.6. The zero-order chi connectivity index (χ0) is 18.9. The lowest BCUT2D eigenvalue weighted by Crippen LogP contribution is -2.30. The lowest BCUT2D eigenvalue weighted by Gasteiger charge is -2.22. The van der Waals surface area contributed by atoms with Crippen molar-refractivity contribution in [3.63, 3.8) is 0 Å². The highest BCUT2D eigenvalue weighted by Crippen LogP contribution is 2.33. The van der Waals surface area contributed by atoms with Crippen molar-refractivity contribution in [1.82, 2.24) is 9.29 Å². The molecule has 0 spiro atoms. The van der Waals surface area contributed by atoms with Gasteiger partial charge in [0, 0.05) is 18.7 Å². The fourth-order valence-corrected chi connectivity index (χ4v) is 4.37. The molecule has 0 amide bonds. The van der Waals surface area contributed by atoms with Crippen molar-refractivity contribution < 1.29 is 21.6 Å². The second-order valence-corrected chi connectivity index (χ2v) is 8.39. The Morgan fingerprint density at radius 3 is 2.46 bits per heavy atom. The molecule has 0 aliphatic carbocycles. The third-order valence-corrected chi connectivity index (χ3v) is 5.75. The van der Waals surface area contributed by atoms with Gasteiger partial charge in [-0.3, -0.25) is 4.98 Å². The van der Waals surface area contributed by atoms with Gasteiger partial charge in [0.25, 0.3) is 0 Å². The Bertz CT molecular complexity index is 880. The van der Waals surface area contributed by atoms with E-state index >= 15 is 0 Å². The Kier molecular flexibility index (Phi) is 5.07. The normalized spacial score (nSPS) is 19.0. The number of hydrogen-bond acceptors (Lipinski definition) is 3. The summed E-state index contributed by atoms with van der Waals surface area (Å²) >= 11 is 0. The zero-order valence-electron chi connectivity index (χ0n) is 14.2. The van der Waals surface area contributed by atoms with Gasteiger partial charge in [-0.25, -0.2) is 8.42 Å². The Labute approximate surface area is 150 Å². The molecule has 2 aromatic rings. The van der Waals surface area contributed by atoms with Crippen LogP contribution in [0.4, 0.5) is 13.2 Å². The summed E-state index contributed by atoms with van der Waals surface area (Å²) in [6, 6.07) is 10.1. The number of pyridine rings is 1. The summed E-state index contributed by atoms with van der Waals surface area (Å²) in [7, 11) is -3.30. The molecule has 1 saturated heterocycles. The maximum absolute atomic E-state index is 12.6. The Morgan fingerprint density at radius 2 is 1.85 bits per heavy atom. The lowest BCUT2D eigenvalue weighted by atomic mass is 10.1. The lowest BCUT2D eigenvalue weighted by molar-refractivity contribution is -0.137. The molecule has 4 nitrogen and oxygen atoms in total. The van der Waals surface area contributed by atoms with E-state index in [9.17, 15) is 21.6 Å². The summed E-state index contributed by atoms with van der Waals surface area (Å²) in [5.41, 5.74) is 1.41. The fourth-order valence-electron chi connectivity index (χ4n) is 3.24. The van der Waals surface area contributed by atoms with Crippen molar-refractivity contribution in [3.8, 4) is 0 Å². The van der Waals surface area contributed by atoms with Crippen LogP contribution in [-0.2, 0) is 22.6 Å². The van der Waals surface area contributed by atoms with Gasteiger partial charge in [-0.05, 0) is 42.7 Å². The van der Waals surface area contributed by atoms with Crippen molar-refractivity contribution in [3.05, 3.63) is 65.0 Å². The van der Waals surface area contributed by atoms with Crippen LogP contribution in [0, 0.1) is 0 Å². The van der Waals surface area contributed by atoms with Crippen LogP contribution in [0.15, 0.2) is 42.5 Å². The van der Waals surface area contributed by atoms with Gasteiger partial charge in [-0.2, -0.15) is 17.5 Å². The number of rotatable bonds is 4. The first-order valence-electron chi connectivity index (χ1n) is 8.23. The molecule has 3 rings (SSSR count). The molecule has 1 atom stereocenters. The van der Waals surface area contributed by atoms with Gasteiger partial charge in [-0.1, -0.05) is 18.2 Å². The highest BCUT2D eigenvalue weighted by Gasteiger charge is 2.33. The van der Waals surface area contributed by atoms with Gasteiger partial charge in [0.15, 0.2) is 0 Å². The minimum Gasteiger partial charge on any atom is -0.256 e. The Hall–Kier alpha value is -1.93. The summed E-state index contributed by atoms with van der Waals surface area (Å²) in [4.78, 5) is 4.56. The molecule has 1 aromatic carbocycles. The molecular weight excluding hydrogens is 365 g/mol. The van der Waals surface area contributed by atoms with Crippen LogP contribution in [0.3, 0.4) is 0 Å². The van der Waals surface area contributed by atoms with E-state index in [0.29, 0.717) is 36.3 Å². The first-order chi connectivity index (χ1) is 12.1. The first kappa shape index (κ1) is 18.8. The minimum atomic E-state index is -4.35. The van der Waals surface area contributed by atoms with E-state index in [1.807, 2.05) is 0 Å². The highest BCUT2D eigenvalue weighted by atomic mass is 32.2. The van der Waals surface area contributed by atoms with E-state index in [1.165, 1.54) is 22.7 Å². The highest BCUT2D eigenvalue weighted by molar-refractivity contribution is 7.88. The van der Waals surface area contributed by atoms with Crippen LogP contribution >= 0.6 is 0 Å². The largest absolute Gasteiger partial charge is 0.416 e. The maximum Gasteiger partial charge on any atom is 0.416 e. The van der Waals surface area contributed by atoms with E-state index in [1.54, 1.807) is 18.2 Å². The van der Waals surface area contributed by atoms with Crippen molar-refractivity contribution in [1.29, 1.82) is 0 Å². The Morgan fingerprint density at radius 1 is 1.15 bits per heavy atom. The SMILES string of the molecule is CS(=O)(=O)N1CCCC1c1cccc(Cc2ccc(C(F)(F)F)cc2)n1. The third-order valence-electron chi connectivity index (χ3n) is 4.47. The molecule has 1 unspecified atom stereocenters. The van der Waals surface area contributed by atoms with Gasteiger partial charge >= 0.3 is 6.18 Å². The quantitative estimate of drug-likeness (QED) is 0.806. The molecule has 26 heavy (non-hydrogen) atoms. The molecule has 1 fully saturated rings. The number of nitrogens with zero attached hydrogens (tertiary/aromatic N) is 2. The second kappa shape index (κ2) is 7.00. The molecule has 0 N–H and O–H groups in total. The average molecular weight is 384 g/mol. The molecular formula is C18H19F3N2O2S. The molecule has 1 aliphatic heterocycles. The molecule has 8 heteroatoms. The Balaban J connectivity index is 1.80. The monoisotopic (exact) mass is 384 g/mol. The predicted octanol–water partition coefficient (Wildman–Crippen LogP) is 3.79. The topological polar surface area (TPSA) is 50.3 Å². The van der Waals surface area contributed by atoms with Crippen LogP contribution in [0.2, 0.25) is 0 Å². The van der Waals surface area contributed by atoms with Crippen molar-refractivity contribution in [2.24, 2.45) is 0 Å². The van der Waals surface area contributed by atoms with E-state index in [-0.39, 0.29) is 6.04 Å². The van der Waals surface area contributed by atoms with Crippen LogP contribution in [0.25, 0.3) is 0 Å². The number of alkyl halides is 3. The number of benzene rings is 1. The third kappa shape index (κ3) is 4.24. The summed E-state index contributed by atoms with van der Waals surface area (Å²) in [6.07, 6.45) is -1.28. The number of hydrogen-bond donors (Lipinski definition) is 0. The van der Waals surface area contributed by atoms with Crippen LogP contribution in [0.5, 0.6) is 0 Å². The standard InChI is InChI=1S/C18H19F3N2O2S/c1-26(24,25)23-11-3-6-17(23)16-5-2-4-15(22-16)12-13-7-9-14(10-8-13)18(19,20)21/h2,4-5,7-10,17H,3,6,11-12H2,1H3. The van der Waals surface area contributed by atoms with E-state index in [2.05, 4.69) is 4.98 Å². The van der Waals surface area contributed by atoms with E-state index in [0.717, 1.165) is 18.6 Å². The van der Waals surface area contributed by atoms with Crippen molar-refractivity contribution >= 4 is 10.0 Å². The minimum absolute atomic E-state index is 0.280. The van der Waals surface area contributed by atoms with Crippen LogP contribution in [0.1, 0.15) is 41.4 Å². The summed E-state index contributed by atoms with van der Waals surface area (Å²) in [5, 5.41) is 0. The molecule has 0 radical (unpaired) electrons. The number of halogens is 3. The van der Waals surface area contributed by atoms with E-state index < -0.39 is 21.8 Å².